The van der Waals surface area contributed by atoms with Crippen molar-refractivity contribution in [2.24, 2.45) is 5.92 Å². The second kappa shape index (κ2) is 8.56. The largest absolute Gasteiger partial charge is 0.486 e. The van der Waals surface area contributed by atoms with Crippen molar-refractivity contribution in [2.45, 2.75) is 38.0 Å². The highest BCUT2D eigenvalue weighted by Crippen LogP contribution is 2.40. The van der Waals surface area contributed by atoms with Crippen LogP contribution in [0.3, 0.4) is 0 Å². The highest BCUT2D eigenvalue weighted by molar-refractivity contribution is 5.84. The van der Waals surface area contributed by atoms with Crippen LogP contribution in [0.1, 0.15) is 43.6 Å². The van der Waals surface area contributed by atoms with E-state index in [2.05, 4.69) is 24.3 Å². The summed E-state index contributed by atoms with van der Waals surface area (Å²) in [6.07, 6.45) is 5.67. The third-order valence-electron chi connectivity index (χ3n) is 5.16. The van der Waals surface area contributed by atoms with E-state index >= 15 is 0 Å². The first-order valence-corrected chi connectivity index (χ1v) is 9.47. The number of hydrogen-bond acceptors (Lipinski definition) is 4. The molecule has 1 heterocycles. The third kappa shape index (κ3) is 4.66. The number of rotatable bonds is 7. The van der Waals surface area contributed by atoms with Crippen LogP contribution in [0.2, 0.25) is 0 Å². The fourth-order valence-corrected chi connectivity index (χ4v) is 3.90. The maximum absolute atomic E-state index is 12.9. The van der Waals surface area contributed by atoms with E-state index in [9.17, 15) is 4.79 Å². The van der Waals surface area contributed by atoms with Gasteiger partial charge >= 0.3 is 0 Å². The number of carbonyl (C=O) groups excluding carboxylic acids is 1. The van der Waals surface area contributed by atoms with Gasteiger partial charge in [0.15, 0.2) is 11.5 Å². The third-order valence-corrected chi connectivity index (χ3v) is 5.16. The fourth-order valence-electron chi connectivity index (χ4n) is 3.90. The number of amides is 1. The lowest BCUT2D eigenvalue weighted by molar-refractivity contribution is -0.123. The minimum atomic E-state index is -0.0855. The molecule has 1 N–H and O–H groups in total. The van der Waals surface area contributed by atoms with Gasteiger partial charge in [0, 0.05) is 6.54 Å². The summed E-state index contributed by atoms with van der Waals surface area (Å²) >= 11 is 0. The van der Waals surface area contributed by atoms with Crippen molar-refractivity contribution < 1.29 is 14.3 Å². The molecule has 1 aliphatic heterocycles. The molecule has 25 heavy (non-hydrogen) atoms. The highest BCUT2D eigenvalue weighted by atomic mass is 16.6. The van der Waals surface area contributed by atoms with Gasteiger partial charge in [0.2, 0.25) is 5.91 Å². The van der Waals surface area contributed by atoms with Gasteiger partial charge in [0.25, 0.3) is 0 Å². The Morgan fingerprint density at radius 1 is 1.20 bits per heavy atom. The maximum Gasteiger partial charge on any atom is 0.227 e. The summed E-state index contributed by atoms with van der Waals surface area (Å²) < 4.78 is 11.3. The zero-order chi connectivity index (χ0) is 17.6. The molecule has 1 aromatic rings. The summed E-state index contributed by atoms with van der Waals surface area (Å²) in [4.78, 5) is 15.1. The average molecular weight is 346 g/mol. The first-order chi connectivity index (χ1) is 12.1. The van der Waals surface area contributed by atoms with Crippen LogP contribution < -0.4 is 14.8 Å². The van der Waals surface area contributed by atoms with Crippen LogP contribution in [-0.2, 0) is 4.79 Å². The van der Waals surface area contributed by atoms with Crippen LogP contribution in [0.25, 0.3) is 0 Å². The molecular formula is C20H30N2O3. The van der Waals surface area contributed by atoms with Crippen LogP contribution in [0.15, 0.2) is 18.2 Å². The number of carbonyl (C=O) groups is 1. The smallest absolute Gasteiger partial charge is 0.227 e. The van der Waals surface area contributed by atoms with Crippen molar-refractivity contribution in [3.05, 3.63) is 23.8 Å². The van der Waals surface area contributed by atoms with Gasteiger partial charge in [-0.25, -0.2) is 0 Å². The Hall–Kier alpha value is -1.75. The van der Waals surface area contributed by atoms with E-state index in [1.165, 1.54) is 12.8 Å². The molecule has 1 atom stereocenters. The van der Waals surface area contributed by atoms with E-state index in [1.807, 2.05) is 18.2 Å². The van der Waals surface area contributed by atoms with Crippen molar-refractivity contribution in [3.8, 4) is 11.5 Å². The molecule has 1 aromatic carbocycles. The monoisotopic (exact) mass is 346 g/mol. The highest BCUT2D eigenvalue weighted by Gasteiger charge is 2.32. The van der Waals surface area contributed by atoms with E-state index in [-0.39, 0.29) is 11.8 Å². The van der Waals surface area contributed by atoms with Crippen LogP contribution >= 0.6 is 0 Å². The fraction of sp³-hybridized carbons (Fsp3) is 0.650. The molecule has 5 heteroatoms. The van der Waals surface area contributed by atoms with Crippen LogP contribution in [-0.4, -0.2) is 51.2 Å². The Balaban J connectivity index is 1.72. The van der Waals surface area contributed by atoms with Crippen molar-refractivity contribution in [1.29, 1.82) is 0 Å². The van der Waals surface area contributed by atoms with E-state index in [0.717, 1.165) is 49.4 Å². The number of nitrogens with zero attached hydrogens (tertiary/aromatic N) is 1. The Morgan fingerprint density at radius 2 is 1.92 bits per heavy atom. The molecule has 0 radical (unpaired) electrons. The predicted molar refractivity (Wildman–Crippen MR) is 98.3 cm³/mol. The van der Waals surface area contributed by atoms with E-state index < -0.39 is 0 Å². The molecule has 1 fully saturated rings. The van der Waals surface area contributed by atoms with E-state index in [0.29, 0.717) is 19.1 Å². The van der Waals surface area contributed by atoms with Crippen molar-refractivity contribution in [1.82, 2.24) is 10.2 Å². The molecule has 5 nitrogen and oxygen atoms in total. The Bertz CT molecular complexity index is 582. The molecule has 0 bridgehead atoms. The molecule has 138 valence electrons. The maximum atomic E-state index is 12.9. The minimum Gasteiger partial charge on any atom is -0.486 e. The topological polar surface area (TPSA) is 50.8 Å². The van der Waals surface area contributed by atoms with Crippen LogP contribution in [0.4, 0.5) is 0 Å². The normalized spacial score (nSPS) is 18.4. The number of nitrogens with one attached hydrogen (secondary N) is 1. The summed E-state index contributed by atoms with van der Waals surface area (Å²) in [5.41, 5.74) is 1.06. The zero-order valence-electron chi connectivity index (χ0n) is 15.4. The Labute approximate surface area is 150 Å². The van der Waals surface area contributed by atoms with Gasteiger partial charge in [-0.05, 0) is 63.5 Å². The number of benzene rings is 1. The van der Waals surface area contributed by atoms with Crippen molar-refractivity contribution in [2.75, 3.05) is 40.4 Å². The number of fused-ring (bicyclic) bond motifs is 1. The summed E-state index contributed by atoms with van der Waals surface area (Å²) in [6, 6.07) is 6.00. The molecule has 0 aromatic heterocycles. The lowest BCUT2D eigenvalue weighted by Crippen LogP contribution is -2.34. The standard InChI is InChI=1S/C20H30N2O3/c1-22(2)11-5-10-21-20(23)19(15-6-3-4-7-15)16-8-9-17-18(14-16)25-13-12-24-17/h8-9,14-15,19H,3-7,10-13H2,1-2H3,(H,21,23). The van der Waals surface area contributed by atoms with Gasteiger partial charge in [-0.3, -0.25) is 4.79 Å². The quantitative estimate of drug-likeness (QED) is 0.772. The minimum absolute atomic E-state index is 0.0855. The summed E-state index contributed by atoms with van der Waals surface area (Å²) in [5.74, 6) is 2.05. The van der Waals surface area contributed by atoms with Gasteiger partial charge in [-0.15, -0.1) is 0 Å². The van der Waals surface area contributed by atoms with E-state index in [1.54, 1.807) is 0 Å². The second-order valence-electron chi connectivity index (χ2n) is 7.37. The number of hydrogen-bond donors (Lipinski definition) is 1. The Kier molecular flexibility index (Phi) is 6.19. The molecule has 1 unspecified atom stereocenters. The number of ether oxygens (including phenoxy) is 2. The van der Waals surface area contributed by atoms with Crippen LogP contribution in [0.5, 0.6) is 11.5 Å². The molecule has 1 aliphatic carbocycles. The summed E-state index contributed by atoms with van der Waals surface area (Å²) in [6.45, 7) is 2.87. The summed E-state index contributed by atoms with van der Waals surface area (Å²) in [5, 5.41) is 3.16. The first-order valence-electron chi connectivity index (χ1n) is 9.47. The predicted octanol–water partition coefficient (Wildman–Crippen LogP) is 2.80. The van der Waals surface area contributed by atoms with Gasteiger partial charge < -0.3 is 19.7 Å². The van der Waals surface area contributed by atoms with Crippen LogP contribution in [0, 0.1) is 5.92 Å². The lowest BCUT2D eigenvalue weighted by Gasteiger charge is -2.25. The van der Waals surface area contributed by atoms with Gasteiger partial charge in [0.05, 0.1) is 5.92 Å². The van der Waals surface area contributed by atoms with Crippen molar-refractivity contribution in [3.63, 3.8) is 0 Å². The lowest BCUT2D eigenvalue weighted by atomic mass is 9.84. The van der Waals surface area contributed by atoms with Gasteiger partial charge in [0.1, 0.15) is 13.2 Å². The average Bonchev–Trinajstić information content (AvgIpc) is 3.13. The molecule has 0 saturated heterocycles. The van der Waals surface area contributed by atoms with E-state index in [4.69, 9.17) is 9.47 Å². The molecule has 3 rings (SSSR count). The molecule has 0 spiro atoms. The SMILES string of the molecule is CN(C)CCCNC(=O)C(c1ccc2c(c1)OCCO2)C1CCCC1. The second-order valence-corrected chi connectivity index (χ2v) is 7.37. The molecule has 1 amide bonds. The van der Waals surface area contributed by atoms with Crippen molar-refractivity contribution >= 4 is 5.91 Å². The molecular weight excluding hydrogens is 316 g/mol. The zero-order valence-corrected chi connectivity index (χ0v) is 15.4. The molecule has 1 saturated carbocycles. The van der Waals surface area contributed by atoms with Gasteiger partial charge in [-0.2, -0.15) is 0 Å². The molecule has 2 aliphatic rings. The summed E-state index contributed by atoms with van der Waals surface area (Å²) in [7, 11) is 4.11. The Morgan fingerprint density at radius 3 is 2.64 bits per heavy atom. The van der Waals surface area contributed by atoms with Gasteiger partial charge in [-0.1, -0.05) is 18.9 Å². The first kappa shape index (κ1) is 18.1.